The number of halogens is 1. The summed E-state index contributed by atoms with van der Waals surface area (Å²) >= 11 is 0. The van der Waals surface area contributed by atoms with Crippen molar-refractivity contribution in [2.75, 3.05) is 0 Å². The van der Waals surface area contributed by atoms with Gasteiger partial charge in [-0.1, -0.05) is 19.0 Å². The molecule has 6 heteroatoms. The molecule has 0 saturated carbocycles. The minimum Gasteiger partial charge on any atom is -0.409 e. The Kier molecular flexibility index (Phi) is 4.02. The summed E-state index contributed by atoms with van der Waals surface area (Å²) in [6.07, 6.45) is 1.58. The first-order valence-electron chi connectivity index (χ1n) is 6.46. The Morgan fingerprint density at radius 1 is 1.35 bits per heavy atom. The maximum Gasteiger partial charge on any atom is 0.172 e. The van der Waals surface area contributed by atoms with Crippen molar-refractivity contribution in [2.45, 2.75) is 26.7 Å². The van der Waals surface area contributed by atoms with Crippen LogP contribution in [0, 0.1) is 5.82 Å². The summed E-state index contributed by atoms with van der Waals surface area (Å²) < 4.78 is 15.1. The molecule has 2 rings (SSSR count). The van der Waals surface area contributed by atoms with E-state index < -0.39 is 5.82 Å². The van der Waals surface area contributed by atoms with Gasteiger partial charge in [-0.25, -0.2) is 9.07 Å². The van der Waals surface area contributed by atoms with E-state index in [1.165, 1.54) is 12.1 Å². The fourth-order valence-electron chi connectivity index (χ4n) is 2.06. The molecular weight excluding hydrogens is 259 g/mol. The van der Waals surface area contributed by atoms with Gasteiger partial charge in [-0.05, 0) is 37.1 Å². The van der Waals surface area contributed by atoms with Crippen molar-refractivity contribution in [3.8, 4) is 5.69 Å². The average molecular weight is 276 g/mol. The van der Waals surface area contributed by atoms with Crippen LogP contribution in [0.4, 0.5) is 4.39 Å². The maximum absolute atomic E-state index is 13.4. The molecule has 20 heavy (non-hydrogen) atoms. The van der Waals surface area contributed by atoms with Crippen LogP contribution < -0.4 is 5.73 Å². The molecule has 0 fully saturated rings. The third kappa shape index (κ3) is 2.49. The number of amidine groups is 1. The molecule has 1 heterocycles. The maximum atomic E-state index is 13.4. The van der Waals surface area contributed by atoms with Gasteiger partial charge in [0.15, 0.2) is 5.84 Å². The van der Waals surface area contributed by atoms with Gasteiger partial charge in [-0.2, -0.15) is 5.10 Å². The monoisotopic (exact) mass is 276 g/mol. The molecule has 5 nitrogen and oxygen atoms in total. The Hall–Kier alpha value is -2.37. The first-order chi connectivity index (χ1) is 9.60. The van der Waals surface area contributed by atoms with E-state index in [4.69, 9.17) is 10.9 Å². The Labute approximate surface area is 116 Å². The van der Waals surface area contributed by atoms with Crippen molar-refractivity contribution in [3.63, 3.8) is 0 Å². The highest BCUT2D eigenvalue weighted by Crippen LogP contribution is 2.19. The number of aryl methyl sites for hydroxylation is 2. The van der Waals surface area contributed by atoms with E-state index in [0.717, 1.165) is 24.2 Å². The largest absolute Gasteiger partial charge is 0.409 e. The second-order valence-electron chi connectivity index (χ2n) is 4.39. The molecule has 0 saturated heterocycles. The smallest absolute Gasteiger partial charge is 0.172 e. The highest BCUT2D eigenvalue weighted by Gasteiger charge is 2.14. The lowest BCUT2D eigenvalue weighted by Gasteiger charge is -2.11. The topological polar surface area (TPSA) is 76.4 Å². The van der Waals surface area contributed by atoms with Crippen LogP contribution in [0.3, 0.4) is 0 Å². The van der Waals surface area contributed by atoms with Gasteiger partial charge in [0.2, 0.25) is 0 Å². The summed E-state index contributed by atoms with van der Waals surface area (Å²) in [6, 6.07) is 6.14. The number of nitrogens with two attached hydrogens (primary N) is 1. The lowest BCUT2D eigenvalue weighted by molar-refractivity contribution is 0.318. The summed E-state index contributed by atoms with van der Waals surface area (Å²) in [4.78, 5) is 0. The predicted octanol–water partition coefficient (Wildman–Crippen LogP) is 2.23. The summed E-state index contributed by atoms with van der Waals surface area (Å²) in [5, 5.41) is 16.3. The molecule has 3 N–H and O–H groups in total. The van der Waals surface area contributed by atoms with E-state index in [9.17, 15) is 4.39 Å². The quantitative estimate of drug-likeness (QED) is 0.389. The van der Waals surface area contributed by atoms with Crippen LogP contribution in [-0.2, 0) is 12.8 Å². The van der Waals surface area contributed by atoms with Crippen LogP contribution in [0.2, 0.25) is 0 Å². The van der Waals surface area contributed by atoms with Gasteiger partial charge in [0.1, 0.15) is 5.82 Å². The van der Waals surface area contributed by atoms with Gasteiger partial charge in [0.05, 0.1) is 11.4 Å². The van der Waals surface area contributed by atoms with E-state index in [1.54, 1.807) is 10.7 Å². The second kappa shape index (κ2) is 5.73. The Balaban J connectivity index is 2.66. The third-order valence-electron chi connectivity index (χ3n) is 3.13. The molecule has 0 aliphatic carbocycles. The minimum atomic E-state index is -0.448. The number of aromatic nitrogens is 2. The number of nitrogens with zero attached hydrogens (tertiary/aromatic N) is 3. The molecule has 0 radical (unpaired) electrons. The van der Waals surface area contributed by atoms with E-state index in [2.05, 4.69) is 10.3 Å². The summed E-state index contributed by atoms with van der Waals surface area (Å²) in [5.74, 6) is -0.591. The fourth-order valence-corrected chi connectivity index (χ4v) is 2.06. The average Bonchev–Trinajstić information content (AvgIpc) is 2.89. The van der Waals surface area contributed by atoms with Gasteiger partial charge >= 0.3 is 0 Å². The second-order valence-corrected chi connectivity index (χ2v) is 4.39. The number of rotatable bonds is 4. The fraction of sp³-hybridized carbons (Fsp3) is 0.286. The summed E-state index contributed by atoms with van der Waals surface area (Å²) in [6.45, 7) is 4.03. The molecule has 0 amide bonds. The van der Waals surface area contributed by atoms with Crippen LogP contribution in [0.25, 0.3) is 5.69 Å². The van der Waals surface area contributed by atoms with Crippen LogP contribution >= 0.6 is 0 Å². The van der Waals surface area contributed by atoms with Gasteiger partial charge in [-0.15, -0.1) is 0 Å². The molecule has 0 aliphatic heterocycles. The SMILES string of the molecule is CCc1cc(CC)n(-c2ccc(F)cc2/C(N)=N/O)n1. The summed E-state index contributed by atoms with van der Waals surface area (Å²) in [7, 11) is 0. The van der Waals surface area contributed by atoms with E-state index in [1.807, 2.05) is 19.9 Å². The van der Waals surface area contributed by atoms with E-state index in [-0.39, 0.29) is 5.84 Å². The minimum absolute atomic E-state index is 0.143. The number of hydrogen-bond acceptors (Lipinski definition) is 3. The normalized spacial score (nSPS) is 11.8. The van der Waals surface area contributed by atoms with Crippen LogP contribution in [-0.4, -0.2) is 20.8 Å². The Morgan fingerprint density at radius 2 is 2.10 bits per heavy atom. The standard InChI is InChI=1S/C14H17FN4O/c1-3-10-8-11(4-2)19(17-10)13-6-5-9(15)7-12(13)14(16)18-20/h5-8,20H,3-4H2,1-2H3,(H2,16,18). The molecule has 1 aromatic carbocycles. The highest BCUT2D eigenvalue weighted by molar-refractivity contribution is 6.00. The first-order valence-corrected chi connectivity index (χ1v) is 6.46. The number of oxime groups is 1. The summed E-state index contributed by atoms with van der Waals surface area (Å²) in [5.41, 5.74) is 8.46. The van der Waals surface area contributed by atoms with Gasteiger partial charge in [0, 0.05) is 11.3 Å². The number of benzene rings is 1. The van der Waals surface area contributed by atoms with Crippen molar-refractivity contribution in [1.82, 2.24) is 9.78 Å². The van der Waals surface area contributed by atoms with E-state index >= 15 is 0 Å². The van der Waals surface area contributed by atoms with Crippen LogP contribution in [0.1, 0.15) is 30.8 Å². The zero-order valence-corrected chi connectivity index (χ0v) is 11.5. The molecule has 0 bridgehead atoms. The third-order valence-corrected chi connectivity index (χ3v) is 3.13. The lowest BCUT2D eigenvalue weighted by Crippen LogP contribution is -2.18. The number of hydrogen-bond donors (Lipinski definition) is 2. The predicted molar refractivity (Wildman–Crippen MR) is 74.8 cm³/mol. The van der Waals surface area contributed by atoms with Crippen LogP contribution in [0.5, 0.6) is 0 Å². The molecule has 0 aliphatic rings. The van der Waals surface area contributed by atoms with E-state index in [0.29, 0.717) is 11.3 Å². The molecule has 1 aromatic heterocycles. The molecular formula is C14H17FN4O. The highest BCUT2D eigenvalue weighted by atomic mass is 19.1. The van der Waals surface area contributed by atoms with Crippen molar-refractivity contribution in [2.24, 2.45) is 10.9 Å². The van der Waals surface area contributed by atoms with Crippen molar-refractivity contribution in [1.29, 1.82) is 0 Å². The lowest BCUT2D eigenvalue weighted by atomic mass is 10.1. The van der Waals surface area contributed by atoms with Gasteiger partial charge in [0.25, 0.3) is 0 Å². The van der Waals surface area contributed by atoms with Crippen molar-refractivity contribution >= 4 is 5.84 Å². The molecule has 0 unspecified atom stereocenters. The Morgan fingerprint density at radius 3 is 2.70 bits per heavy atom. The van der Waals surface area contributed by atoms with Crippen molar-refractivity contribution in [3.05, 3.63) is 47.0 Å². The van der Waals surface area contributed by atoms with Gasteiger partial charge < -0.3 is 10.9 Å². The molecule has 106 valence electrons. The first kappa shape index (κ1) is 14.0. The molecule has 2 aromatic rings. The zero-order chi connectivity index (χ0) is 14.7. The van der Waals surface area contributed by atoms with Crippen molar-refractivity contribution < 1.29 is 9.60 Å². The molecule has 0 spiro atoms. The zero-order valence-electron chi connectivity index (χ0n) is 11.5. The molecule has 0 atom stereocenters. The Bertz CT molecular complexity index is 649. The van der Waals surface area contributed by atoms with Crippen LogP contribution in [0.15, 0.2) is 29.4 Å². The van der Waals surface area contributed by atoms with Gasteiger partial charge in [-0.3, -0.25) is 0 Å².